The number of carbonyl (C=O) groups excluding carboxylic acids is 2. The predicted octanol–water partition coefficient (Wildman–Crippen LogP) is 0.565. The van der Waals surface area contributed by atoms with Crippen molar-refractivity contribution < 1.29 is 19.1 Å². The molecule has 1 heterocycles. The van der Waals surface area contributed by atoms with Crippen molar-refractivity contribution in [2.24, 2.45) is 0 Å². The van der Waals surface area contributed by atoms with Crippen molar-refractivity contribution in [3.63, 3.8) is 0 Å². The molecular weight excluding hydrogens is 260 g/mol. The van der Waals surface area contributed by atoms with E-state index in [0.717, 1.165) is 12.1 Å². The standard InChI is InChI=1S/C14H18N2O4/c1-19-8-4-7-15-13(17)9-16-10-14(18)20-12-6-3-2-5-11(12)16/h2-3,5-6H,4,7-10H2,1H3,(H,15,17). The molecule has 0 saturated heterocycles. The van der Waals surface area contributed by atoms with Crippen LogP contribution < -0.4 is 15.0 Å². The van der Waals surface area contributed by atoms with E-state index in [9.17, 15) is 9.59 Å². The van der Waals surface area contributed by atoms with Crippen LogP contribution in [0.3, 0.4) is 0 Å². The number of ether oxygens (including phenoxy) is 2. The van der Waals surface area contributed by atoms with E-state index >= 15 is 0 Å². The Labute approximate surface area is 117 Å². The molecule has 1 aromatic rings. The van der Waals surface area contributed by atoms with Gasteiger partial charge in [-0.25, -0.2) is 4.79 Å². The van der Waals surface area contributed by atoms with Crippen molar-refractivity contribution in [1.29, 1.82) is 0 Å². The van der Waals surface area contributed by atoms with Crippen molar-refractivity contribution in [2.75, 3.05) is 38.3 Å². The first-order chi connectivity index (χ1) is 9.70. The Bertz CT molecular complexity index is 490. The lowest BCUT2D eigenvalue weighted by molar-refractivity contribution is -0.133. The molecular formula is C14H18N2O4. The summed E-state index contributed by atoms with van der Waals surface area (Å²) in [5.74, 6) is 0.0254. The highest BCUT2D eigenvalue weighted by atomic mass is 16.5. The van der Waals surface area contributed by atoms with Gasteiger partial charge in [-0.1, -0.05) is 12.1 Å². The van der Waals surface area contributed by atoms with E-state index in [1.165, 1.54) is 0 Å². The number of methoxy groups -OCH3 is 1. The van der Waals surface area contributed by atoms with Gasteiger partial charge in [-0.05, 0) is 18.6 Å². The molecule has 0 atom stereocenters. The van der Waals surface area contributed by atoms with Crippen LogP contribution in [-0.4, -0.2) is 45.2 Å². The highest BCUT2D eigenvalue weighted by molar-refractivity contribution is 5.89. The van der Waals surface area contributed by atoms with Gasteiger partial charge < -0.3 is 19.7 Å². The lowest BCUT2D eigenvalue weighted by atomic mass is 10.2. The van der Waals surface area contributed by atoms with E-state index < -0.39 is 0 Å². The molecule has 0 fully saturated rings. The number of carbonyl (C=O) groups is 2. The molecule has 0 bridgehead atoms. The maximum absolute atomic E-state index is 11.8. The molecule has 1 aromatic carbocycles. The molecule has 0 aliphatic carbocycles. The summed E-state index contributed by atoms with van der Waals surface area (Å²) >= 11 is 0. The van der Waals surface area contributed by atoms with Crippen LogP contribution >= 0.6 is 0 Å². The van der Waals surface area contributed by atoms with Gasteiger partial charge in [0, 0.05) is 20.3 Å². The number of nitrogens with zero attached hydrogens (tertiary/aromatic N) is 1. The molecule has 1 amide bonds. The van der Waals surface area contributed by atoms with Gasteiger partial charge in [0.1, 0.15) is 6.54 Å². The van der Waals surface area contributed by atoms with Crippen molar-refractivity contribution in [3.8, 4) is 5.75 Å². The number of benzene rings is 1. The average molecular weight is 278 g/mol. The lowest BCUT2D eigenvalue weighted by Crippen LogP contribution is -2.43. The molecule has 6 heteroatoms. The fraction of sp³-hybridized carbons (Fsp3) is 0.429. The number of hydrogen-bond donors (Lipinski definition) is 1. The highest BCUT2D eigenvalue weighted by Gasteiger charge is 2.24. The van der Waals surface area contributed by atoms with Crippen LogP contribution in [0.2, 0.25) is 0 Å². The third-order valence-electron chi connectivity index (χ3n) is 2.93. The summed E-state index contributed by atoms with van der Waals surface area (Å²) in [6.07, 6.45) is 0.765. The fourth-order valence-electron chi connectivity index (χ4n) is 2.02. The molecule has 0 unspecified atom stereocenters. The van der Waals surface area contributed by atoms with Crippen LogP contribution in [0.4, 0.5) is 5.69 Å². The Balaban J connectivity index is 1.92. The second-order valence-electron chi connectivity index (χ2n) is 4.49. The number of fused-ring (bicyclic) bond motifs is 1. The number of amides is 1. The van der Waals surface area contributed by atoms with Gasteiger partial charge >= 0.3 is 5.97 Å². The van der Waals surface area contributed by atoms with Crippen LogP contribution in [-0.2, 0) is 14.3 Å². The summed E-state index contributed by atoms with van der Waals surface area (Å²) in [6.45, 7) is 1.40. The van der Waals surface area contributed by atoms with Crippen molar-refractivity contribution in [3.05, 3.63) is 24.3 Å². The van der Waals surface area contributed by atoms with E-state index in [-0.39, 0.29) is 25.0 Å². The van der Waals surface area contributed by atoms with Crippen molar-refractivity contribution >= 4 is 17.6 Å². The Kier molecular flexibility index (Phi) is 4.95. The van der Waals surface area contributed by atoms with E-state index in [1.54, 1.807) is 24.1 Å². The van der Waals surface area contributed by atoms with Crippen LogP contribution in [0.15, 0.2) is 24.3 Å². The van der Waals surface area contributed by atoms with Gasteiger partial charge in [-0.3, -0.25) is 4.79 Å². The molecule has 1 N–H and O–H groups in total. The molecule has 20 heavy (non-hydrogen) atoms. The molecule has 0 radical (unpaired) electrons. The van der Waals surface area contributed by atoms with E-state index in [2.05, 4.69) is 5.32 Å². The Morgan fingerprint density at radius 2 is 2.25 bits per heavy atom. The number of esters is 1. The zero-order chi connectivity index (χ0) is 14.4. The topological polar surface area (TPSA) is 67.9 Å². The third kappa shape index (κ3) is 3.71. The predicted molar refractivity (Wildman–Crippen MR) is 73.8 cm³/mol. The summed E-state index contributed by atoms with van der Waals surface area (Å²) < 4.78 is 10.0. The fourth-order valence-corrected chi connectivity index (χ4v) is 2.02. The first kappa shape index (κ1) is 14.3. The Morgan fingerprint density at radius 1 is 1.45 bits per heavy atom. The second-order valence-corrected chi connectivity index (χ2v) is 4.49. The Morgan fingerprint density at radius 3 is 3.05 bits per heavy atom. The summed E-state index contributed by atoms with van der Waals surface area (Å²) in [4.78, 5) is 25.1. The molecule has 108 valence electrons. The zero-order valence-corrected chi connectivity index (χ0v) is 11.4. The molecule has 1 aliphatic rings. The largest absolute Gasteiger partial charge is 0.423 e. The monoisotopic (exact) mass is 278 g/mol. The smallest absolute Gasteiger partial charge is 0.331 e. The number of para-hydroxylation sites is 2. The minimum absolute atomic E-state index is 0.0858. The zero-order valence-electron chi connectivity index (χ0n) is 11.4. The molecule has 2 rings (SSSR count). The molecule has 0 aromatic heterocycles. The van der Waals surface area contributed by atoms with Gasteiger partial charge in [0.25, 0.3) is 0 Å². The van der Waals surface area contributed by atoms with Crippen LogP contribution in [0, 0.1) is 0 Å². The summed E-state index contributed by atoms with van der Waals surface area (Å²) in [5, 5.41) is 2.80. The van der Waals surface area contributed by atoms with Gasteiger partial charge in [0.2, 0.25) is 5.91 Å². The molecule has 6 nitrogen and oxygen atoms in total. The van der Waals surface area contributed by atoms with Gasteiger partial charge in [-0.15, -0.1) is 0 Å². The lowest BCUT2D eigenvalue weighted by Gasteiger charge is -2.29. The highest BCUT2D eigenvalue weighted by Crippen LogP contribution is 2.30. The number of nitrogens with one attached hydrogen (secondary N) is 1. The maximum Gasteiger partial charge on any atom is 0.331 e. The number of anilines is 1. The first-order valence-corrected chi connectivity index (χ1v) is 6.51. The minimum Gasteiger partial charge on any atom is -0.423 e. The van der Waals surface area contributed by atoms with Crippen LogP contribution in [0.1, 0.15) is 6.42 Å². The SMILES string of the molecule is COCCCNC(=O)CN1CC(=O)Oc2ccccc21. The quantitative estimate of drug-likeness (QED) is 0.468. The number of rotatable bonds is 6. The molecule has 0 saturated carbocycles. The maximum atomic E-state index is 11.8. The van der Waals surface area contributed by atoms with E-state index in [4.69, 9.17) is 9.47 Å². The van der Waals surface area contributed by atoms with Gasteiger partial charge in [0.15, 0.2) is 5.75 Å². The summed E-state index contributed by atoms with van der Waals surface area (Å²) in [7, 11) is 1.62. The normalized spacial score (nSPS) is 13.7. The number of hydrogen-bond acceptors (Lipinski definition) is 5. The third-order valence-corrected chi connectivity index (χ3v) is 2.93. The van der Waals surface area contributed by atoms with E-state index in [0.29, 0.717) is 18.9 Å². The molecule has 0 spiro atoms. The van der Waals surface area contributed by atoms with Crippen LogP contribution in [0.25, 0.3) is 0 Å². The molecule has 1 aliphatic heterocycles. The first-order valence-electron chi connectivity index (χ1n) is 6.51. The van der Waals surface area contributed by atoms with Crippen LogP contribution in [0.5, 0.6) is 5.75 Å². The minimum atomic E-state index is -0.351. The summed E-state index contributed by atoms with van der Waals surface area (Å²) in [5.41, 5.74) is 0.763. The van der Waals surface area contributed by atoms with Gasteiger partial charge in [0.05, 0.1) is 12.2 Å². The van der Waals surface area contributed by atoms with Crippen molar-refractivity contribution in [2.45, 2.75) is 6.42 Å². The second kappa shape index (κ2) is 6.91. The van der Waals surface area contributed by atoms with Gasteiger partial charge in [-0.2, -0.15) is 0 Å². The Hall–Kier alpha value is -2.08. The average Bonchev–Trinajstić information content (AvgIpc) is 2.43. The van der Waals surface area contributed by atoms with E-state index in [1.807, 2.05) is 12.1 Å². The summed E-state index contributed by atoms with van der Waals surface area (Å²) in [6, 6.07) is 7.19. The van der Waals surface area contributed by atoms with Crippen molar-refractivity contribution in [1.82, 2.24) is 5.32 Å².